The molecule has 1 amide bonds. The second-order valence-corrected chi connectivity index (χ2v) is 5.07. The predicted octanol–water partition coefficient (Wildman–Crippen LogP) is 0.450. The molecule has 92 valence electrons. The first-order valence-electron chi connectivity index (χ1n) is 6.25. The van der Waals surface area contributed by atoms with Crippen molar-refractivity contribution in [2.75, 3.05) is 6.54 Å². The maximum atomic E-state index is 11.8. The Morgan fingerprint density at radius 3 is 3.00 bits per heavy atom. The van der Waals surface area contributed by atoms with Crippen molar-refractivity contribution in [1.29, 1.82) is 0 Å². The van der Waals surface area contributed by atoms with Crippen molar-refractivity contribution in [3.05, 3.63) is 17.7 Å². The summed E-state index contributed by atoms with van der Waals surface area (Å²) in [6, 6.07) is 0.254. The number of aromatic nitrogens is 2. The molecule has 0 saturated heterocycles. The Morgan fingerprint density at radius 2 is 2.35 bits per heavy atom. The number of carbonyl (C=O) groups excluding carboxylic acids is 1. The molecule has 1 saturated carbocycles. The molecular weight excluding hydrogens is 216 g/mol. The van der Waals surface area contributed by atoms with Crippen molar-refractivity contribution in [1.82, 2.24) is 14.5 Å². The van der Waals surface area contributed by atoms with Crippen LogP contribution in [0.5, 0.6) is 0 Å². The summed E-state index contributed by atoms with van der Waals surface area (Å²) in [7, 11) is 0. The number of carbonyl (C=O) groups is 1. The number of rotatable bonds is 2. The highest BCUT2D eigenvalue weighted by molar-refractivity contribution is 5.81. The molecule has 2 aliphatic rings. The van der Waals surface area contributed by atoms with E-state index >= 15 is 0 Å². The summed E-state index contributed by atoms with van der Waals surface area (Å²) in [5, 5.41) is 0. The van der Waals surface area contributed by atoms with E-state index in [0.29, 0.717) is 12.6 Å². The van der Waals surface area contributed by atoms with Gasteiger partial charge in [0.25, 0.3) is 0 Å². The van der Waals surface area contributed by atoms with E-state index in [-0.39, 0.29) is 5.91 Å². The van der Waals surface area contributed by atoms with Crippen LogP contribution in [-0.2, 0) is 17.8 Å². The molecule has 5 heteroatoms. The molecule has 1 aliphatic carbocycles. The normalized spacial score (nSPS) is 21.2. The van der Waals surface area contributed by atoms with Crippen LogP contribution in [0.25, 0.3) is 0 Å². The van der Waals surface area contributed by atoms with Crippen molar-refractivity contribution < 1.29 is 4.79 Å². The average Bonchev–Trinajstić information content (AvgIpc) is 3.07. The fourth-order valence-corrected chi connectivity index (χ4v) is 2.47. The molecule has 0 bridgehead atoms. The van der Waals surface area contributed by atoms with Crippen molar-refractivity contribution in [3.8, 4) is 0 Å². The van der Waals surface area contributed by atoms with Crippen molar-refractivity contribution in [2.45, 2.75) is 44.8 Å². The van der Waals surface area contributed by atoms with Gasteiger partial charge in [0.05, 0.1) is 24.6 Å². The lowest BCUT2D eigenvalue weighted by Gasteiger charge is -2.28. The second kappa shape index (κ2) is 3.84. The Kier molecular flexibility index (Phi) is 2.43. The topological polar surface area (TPSA) is 64.2 Å². The lowest BCUT2D eigenvalue weighted by Crippen LogP contribution is -2.44. The zero-order chi connectivity index (χ0) is 12.0. The van der Waals surface area contributed by atoms with Gasteiger partial charge in [0.1, 0.15) is 0 Å². The maximum absolute atomic E-state index is 11.8. The predicted molar refractivity (Wildman–Crippen MR) is 63.3 cm³/mol. The Morgan fingerprint density at radius 1 is 1.59 bits per heavy atom. The van der Waals surface area contributed by atoms with Gasteiger partial charge in [-0.2, -0.15) is 0 Å². The molecule has 1 atom stereocenters. The second-order valence-electron chi connectivity index (χ2n) is 5.07. The lowest BCUT2D eigenvalue weighted by atomic mass is 10.1. The average molecular weight is 234 g/mol. The molecule has 1 aromatic rings. The Labute approximate surface area is 101 Å². The van der Waals surface area contributed by atoms with Gasteiger partial charge < -0.3 is 15.2 Å². The van der Waals surface area contributed by atoms with Gasteiger partial charge in [0, 0.05) is 24.7 Å². The quantitative estimate of drug-likeness (QED) is 0.808. The summed E-state index contributed by atoms with van der Waals surface area (Å²) in [5.74, 6) is 0.0246. The van der Waals surface area contributed by atoms with Gasteiger partial charge in [-0.1, -0.05) is 0 Å². The molecule has 1 aliphatic heterocycles. The molecule has 17 heavy (non-hydrogen) atoms. The van der Waals surface area contributed by atoms with E-state index < -0.39 is 6.04 Å². The molecule has 1 fully saturated rings. The van der Waals surface area contributed by atoms with E-state index in [1.54, 1.807) is 6.92 Å². The number of hydrogen-bond acceptors (Lipinski definition) is 3. The fourth-order valence-electron chi connectivity index (χ4n) is 2.47. The maximum Gasteiger partial charge on any atom is 0.239 e. The van der Waals surface area contributed by atoms with Gasteiger partial charge in [0.2, 0.25) is 5.91 Å². The summed E-state index contributed by atoms with van der Waals surface area (Å²) in [4.78, 5) is 18.1. The third kappa shape index (κ3) is 1.84. The molecule has 0 radical (unpaired) electrons. The van der Waals surface area contributed by atoms with Gasteiger partial charge in [-0.25, -0.2) is 4.98 Å². The summed E-state index contributed by atoms with van der Waals surface area (Å²) in [5.41, 5.74) is 8.01. The van der Waals surface area contributed by atoms with Crippen LogP contribution in [0.2, 0.25) is 0 Å². The van der Waals surface area contributed by atoms with Gasteiger partial charge in [0.15, 0.2) is 0 Å². The van der Waals surface area contributed by atoms with Crippen LogP contribution in [0, 0.1) is 0 Å². The first-order chi connectivity index (χ1) is 8.16. The number of amides is 1. The smallest absolute Gasteiger partial charge is 0.239 e. The van der Waals surface area contributed by atoms with Crippen LogP contribution in [0.4, 0.5) is 0 Å². The van der Waals surface area contributed by atoms with E-state index in [0.717, 1.165) is 18.7 Å². The SMILES string of the molecule is CC(N)C(=O)N1CCc2c(ncn2C2CC2)C1. The minimum absolute atomic E-state index is 0.0246. The molecular formula is C12H18N4O. The largest absolute Gasteiger partial charge is 0.335 e. The highest BCUT2D eigenvalue weighted by atomic mass is 16.2. The summed E-state index contributed by atoms with van der Waals surface area (Å²) in [6.07, 6.45) is 5.38. The molecule has 2 heterocycles. The summed E-state index contributed by atoms with van der Waals surface area (Å²) >= 11 is 0. The van der Waals surface area contributed by atoms with Gasteiger partial charge in [-0.15, -0.1) is 0 Å². The molecule has 0 aromatic carbocycles. The van der Waals surface area contributed by atoms with E-state index in [9.17, 15) is 4.79 Å². The van der Waals surface area contributed by atoms with Crippen LogP contribution in [0.1, 0.15) is 37.2 Å². The molecule has 2 N–H and O–H groups in total. The standard InChI is InChI=1S/C12H18N4O/c1-8(13)12(17)15-5-4-11-10(6-15)14-7-16(11)9-2-3-9/h7-9H,2-6,13H2,1H3. The van der Waals surface area contributed by atoms with Crippen LogP contribution in [0.15, 0.2) is 6.33 Å². The van der Waals surface area contributed by atoms with Crippen LogP contribution >= 0.6 is 0 Å². The number of imidazole rings is 1. The molecule has 0 spiro atoms. The van der Waals surface area contributed by atoms with E-state index in [2.05, 4.69) is 9.55 Å². The first kappa shape index (κ1) is 10.8. The van der Waals surface area contributed by atoms with Crippen molar-refractivity contribution in [3.63, 3.8) is 0 Å². The van der Waals surface area contributed by atoms with Gasteiger partial charge >= 0.3 is 0 Å². The minimum Gasteiger partial charge on any atom is -0.335 e. The van der Waals surface area contributed by atoms with Crippen LogP contribution < -0.4 is 5.73 Å². The number of hydrogen-bond donors (Lipinski definition) is 1. The van der Waals surface area contributed by atoms with E-state index in [1.807, 2.05) is 11.2 Å². The molecule has 1 unspecified atom stereocenters. The van der Waals surface area contributed by atoms with Crippen LogP contribution in [0.3, 0.4) is 0 Å². The number of nitrogens with two attached hydrogens (primary N) is 1. The van der Waals surface area contributed by atoms with E-state index in [1.165, 1.54) is 18.5 Å². The third-order valence-electron chi connectivity index (χ3n) is 3.58. The van der Waals surface area contributed by atoms with Crippen molar-refractivity contribution >= 4 is 5.91 Å². The zero-order valence-corrected chi connectivity index (χ0v) is 10.1. The van der Waals surface area contributed by atoms with Crippen LogP contribution in [-0.4, -0.2) is 32.9 Å². The van der Waals surface area contributed by atoms with E-state index in [4.69, 9.17) is 5.73 Å². The Bertz CT molecular complexity index is 447. The third-order valence-corrected chi connectivity index (χ3v) is 3.58. The minimum atomic E-state index is -0.415. The lowest BCUT2D eigenvalue weighted by molar-refractivity contribution is -0.133. The molecule has 5 nitrogen and oxygen atoms in total. The number of fused-ring (bicyclic) bond motifs is 1. The molecule has 1 aromatic heterocycles. The number of nitrogens with zero attached hydrogens (tertiary/aromatic N) is 3. The van der Waals surface area contributed by atoms with Crippen molar-refractivity contribution in [2.24, 2.45) is 5.73 Å². The first-order valence-corrected chi connectivity index (χ1v) is 6.25. The highest BCUT2D eigenvalue weighted by Gasteiger charge is 2.31. The van der Waals surface area contributed by atoms with Gasteiger partial charge in [-0.05, 0) is 19.8 Å². The highest BCUT2D eigenvalue weighted by Crippen LogP contribution is 2.37. The fraction of sp³-hybridized carbons (Fsp3) is 0.667. The summed E-state index contributed by atoms with van der Waals surface area (Å²) in [6.45, 7) is 3.13. The Balaban J connectivity index is 1.79. The zero-order valence-electron chi connectivity index (χ0n) is 10.1. The Hall–Kier alpha value is -1.36. The van der Waals surface area contributed by atoms with Gasteiger partial charge in [-0.3, -0.25) is 4.79 Å². The summed E-state index contributed by atoms with van der Waals surface area (Å²) < 4.78 is 2.29. The monoisotopic (exact) mass is 234 g/mol. The molecule has 3 rings (SSSR count).